The summed E-state index contributed by atoms with van der Waals surface area (Å²) >= 11 is 0. The maximum absolute atomic E-state index is 11.9. The lowest BCUT2D eigenvalue weighted by Gasteiger charge is -2.18. The summed E-state index contributed by atoms with van der Waals surface area (Å²) in [5, 5.41) is 0. The molecule has 2 aromatic heterocycles. The predicted molar refractivity (Wildman–Crippen MR) is 69.4 cm³/mol. The van der Waals surface area contributed by atoms with Crippen LogP contribution in [0.2, 0.25) is 0 Å². The van der Waals surface area contributed by atoms with Gasteiger partial charge in [-0.15, -0.1) is 0 Å². The Morgan fingerprint density at radius 3 is 2.78 bits per heavy atom. The molecule has 2 rings (SSSR count). The third-order valence-corrected chi connectivity index (χ3v) is 2.77. The zero-order chi connectivity index (χ0) is 13.1. The van der Waals surface area contributed by atoms with Gasteiger partial charge in [0, 0.05) is 32.9 Å². The van der Waals surface area contributed by atoms with E-state index in [1.807, 2.05) is 18.9 Å². The molecule has 6 heteroatoms. The van der Waals surface area contributed by atoms with Gasteiger partial charge in [0.05, 0.1) is 11.4 Å². The van der Waals surface area contributed by atoms with E-state index in [1.165, 1.54) is 17.0 Å². The molecule has 0 radical (unpaired) electrons. The highest BCUT2D eigenvalue weighted by Gasteiger charge is 2.10. The normalized spacial score (nSPS) is 10.4. The average Bonchev–Trinajstić information content (AvgIpc) is 2.41. The van der Waals surface area contributed by atoms with Crippen LogP contribution in [0, 0.1) is 0 Å². The molecule has 0 amide bonds. The fourth-order valence-corrected chi connectivity index (χ4v) is 1.58. The second-order valence-electron chi connectivity index (χ2n) is 3.95. The summed E-state index contributed by atoms with van der Waals surface area (Å²) in [6.45, 7) is 2.77. The minimum atomic E-state index is -0.103. The Morgan fingerprint density at radius 1 is 1.39 bits per heavy atom. The summed E-state index contributed by atoms with van der Waals surface area (Å²) in [6, 6.07) is 3.22. The lowest BCUT2D eigenvalue weighted by atomic mass is 10.3. The van der Waals surface area contributed by atoms with Gasteiger partial charge in [-0.1, -0.05) is 0 Å². The van der Waals surface area contributed by atoms with Gasteiger partial charge in [0.2, 0.25) is 5.95 Å². The van der Waals surface area contributed by atoms with Crippen LogP contribution < -0.4 is 10.5 Å². The minimum Gasteiger partial charge on any atom is -0.346 e. The van der Waals surface area contributed by atoms with Crippen LogP contribution in [0.25, 0.3) is 11.4 Å². The summed E-state index contributed by atoms with van der Waals surface area (Å²) in [5.41, 5.74) is 1.11. The van der Waals surface area contributed by atoms with Crippen LogP contribution in [-0.2, 0) is 7.05 Å². The molecular formula is C12H15N5O. The first-order valence-electron chi connectivity index (χ1n) is 5.69. The first kappa shape index (κ1) is 12.2. The monoisotopic (exact) mass is 245 g/mol. The summed E-state index contributed by atoms with van der Waals surface area (Å²) in [4.78, 5) is 26.2. The van der Waals surface area contributed by atoms with E-state index in [0.29, 0.717) is 17.3 Å². The van der Waals surface area contributed by atoms with Gasteiger partial charge in [0.15, 0.2) is 0 Å². The summed E-state index contributed by atoms with van der Waals surface area (Å²) in [5.74, 6) is 0.624. The van der Waals surface area contributed by atoms with Gasteiger partial charge < -0.3 is 4.90 Å². The van der Waals surface area contributed by atoms with Crippen molar-refractivity contribution in [2.24, 2.45) is 7.05 Å². The molecule has 18 heavy (non-hydrogen) atoms. The highest BCUT2D eigenvalue weighted by Crippen LogP contribution is 2.14. The van der Waals surface area contributed by atoms with E-state index in [4.69, 9.17) is 0 Å². The molecule has 0 saturated heterocycles. The van der Waals surface area contributed by atoms with Crippen molar-refractivity contribution in [1.82, 2.24) is 19.5 Å². The number of hydrogen-bond donors (Lipinski definition) is 0. The quantitative estimate of drug-likeness (QED) is 0.796. The molecule has 0 aromatic carbocycles. The Kier molecular flexibility index (Phi) is 3.36. The predicted octanol–water partition coefficient (Wildman–Crippen LogP) is 0.693. The molecule has 0 N–H and O–H groups in total. The van der Waals surface area contributed by atoms with Gasteiger partial charge in [-0.05, 0) is 13.0 Å². The van der Waals surface area contributed by atoms with E-state index >= 15 is 0 Å². The highest BCUT2D eigenvalue weighted by atomic mass is 16.1. The fraction of sp³-hybridized carbons (Fsp3) is 0.333. The lowest BCUT2D eigenvalue weighted by Crippen LogP contribution is -2.28. The second kappa shape index (κ2) is 4.95. The Morgan fingerprint density at radius 2 is 2.17 bits per heavy atom. The van der Waals surface area contributed by atoms with E-state index in [-0.39, 0.29) is 5.56 Å². The van der Waals surface area contributed by atoms with E-state index in [9.17, 15) is 4.79 Å². The Balaban J connectivity index is 2.58. The van der Waals surface area contributed by atoms with Crippen LogP contribution >= 0.6 is 0 Å². The third-order valence-electron chi connectivity index (χ3n) is 2.77. The SMILES string of the molecule is CCN(C)c1nc(-c2ccncn2)cc(=O)n1C. The van der Waals surface area contributed by atoms with Gasteiger partial charge in [-0.25, -0.2) is 15.0 Å². The van der Waals surface area contributed by atoms with Crippen molar-refractivity contribution in [3.05, 3.63) is 35.0 Å². The fourth-order valence-electron chi connectivity index (χ4n) is 1.58. The van der Waals surface area contributed by atoms with Crippen LogP contribution in [0.4, 0.5) is 5.95 Å². The van der Waals surface area contributed by atoms with Gasteiger partial charge in [-0.3, -0.25) is 9.36 Å². The molecule has 0 aliphatic heterocycles. The Labute approximate surface area is 105 Å². The second-order valence-corrected chi connectivity index (χ2v) is 3.95. The maximum atomic E-state index is 11.9. The molecule has 0 aliphatic rings. The molecule has 6 nitrogen and oxygen atoms in total. The largest absolute Gasteiger partial charge is 0.346 e. The Hall–Kier alpha value is -2.24. The van der Waals surface area contributed by atoms with Gasteiger partial charge in [0.25, 0.3) is 5.56 Å². The van der Waals surface area contributed by atoms with E-state index in [1.54, 1.807) is 19.3 Å². The summed E-state index contributed by atoms with van der Waals surface area (Å²) in [6.07, 6.45) is 3.07. The number of hydrogen-bond acceptors (Lipinski definition) is 5. The molecule has 0 fully saturated rings. The van der Waals surface area contributed by atoms with Crippen LogP contribution in [0.5, 0.6) is 0 Å². The molecule has 0 bridgehead atoms. The van der Waals surface area contributed by atoms with Crippen LogP contribution in [0.3, 0.4) is 0 Å². The maximum Gasteiger partial charge on any atom is 0.255 e. The number of rotatable bonds is 3. The number of aromatic nitrogens is 4. The molecule has 0 saturated carbocycles. The smallest absolute Gasteiger partial charge is 0.255 e. The van der Waals surface area contributed by atoms with E-state index in [0.717, 1.165) is 6.54 Å². The first-order chi connectivity index (χ1) is 8.63. The molecule has 0 atom stereocenters. The molecule has 94 valence electrons. The summed E-state index contributed by atoms with van der Waals surface area (Å²) < 4.78 is 1.52. The van der Waals surface area contributed by atoms with Gasteiger partial charge in [-0.2, -0.15) is 0 Å². The first-order valence-corrected chi connectivity index (χ1v) is 5.69. The van der Waals surface area contributed by atoms with Crippen molar-refractivity contribution in [1.29, 1.82) is 0 Å². The van der Waals surface area contributed by atoms with Crippen molar-refractivity contribution < 1.29 is 0 Å². The third kappa shape index (κ3) is 2.22. The van der Waals surface area contributed by atoms with Crippen molar-refractivity contribution in [3.63, 3.8) is 0 Å². The number of nitrogens with zero attached hydrogens (tertiary/aromatic N) is 5. The molecule has 0 spiro atoms. The van der Waals surface area contributed by atoms with Crippen LogP contribution in [-0.4, -0.2) is 33.1 Å². The standard InChI is InChI=1S/C12H15N5O/c1-4-16(2)12-15-10(7-11(18)17(12)3)9-5-6-13-8-14-9/h5-8H,4H2,1-3H3. The van der Waals surface area contributed by atoms with Gasteiger partial charge >= 0.3 is 0 Å². The lowest BCUT2D eigenvalue weighted by molar-refractivity contribution is 0.770. The number of anilines is 1. The molecule has 2 heterocycles. The van der Waals surface area contributed by atoms with Crippen molar-refractivity contribution >= 4 is 5.95 Å². The molecule has 0 aliphatic carbocycles. The van der Waals surface area contributed by atoms with Crippen LogP contribution in [0.15, 0.2) is 29.5 Å². The Bertz CT molecular complexity index is 593. The van der Waals surface area contributed by atoms with Crippen molar-refractivity contribution in [2.45, 2.75) is 6.92 Å². The molecule has 0 unspecified atom stereocenters. The van der Waals surface area contributed by atoms with E-state index in [2.05, 4.69) is 15.0 Å². The molecule has 2 aromatic rings. The van der Waals surface area contributed by atoms with Gasteiger partial charge in [0.1, 0.15) is 6.33 Å². The summed E-state index contributed by atoms with van der Waals surface area (Å²) in [7, 11) is 3.60. The van der Waals surface area contributed by atoms with Crippen molar-refractivity contribution in [3.8, 4) is 11.4 Å². The van der Waals surface area contributed by atoms with Crippen molar-refractivity contribution in [2.75, 3.05) is 18.5 Å². The topological polar surface area (TPSA) is 63.9 Å². The zero-order valence-electron chi connectivity index (χ0n) is 10.7. The molecular weight excluding hydrogens is 230 g/mol. The van der Waals surface area contributed by atoms with Crippen LogP contribution in [0.1, 0.15) is 6.92 Å². The highest BCUT2D eigenvalue weighted by molar-refractivity contribution is 5.54. The minimum absolute atomic E-state index is 0.103. The van der Waals surface area contributed by atoms with E-state index < -0.39 is 0 Å². The zero-order valence-corrected chi connectivity index (χ0v) is 10.7. The average molecular weight is 245 g/mol.